The van der Waals surface area contributed by atoms with Gasteiger partial charge in [0.2, 0.25) is 0 Å². The van der Waals surface area contributed by atoms with Gasteiger partial charge in [-0.3, -0.25) is 4.79 Å². The third-order valence-corrected chi connectivity index (χ3v) is 4.34. The molecule has 1 N–H and O–H groups in total. The minimum absolute atomic E-state index is 0.0590. The van der Waals surface area contributed by atoms with E-state index in [1.165, 1.54) is 12.8 Å². The highest BCUT2D eigenvalue weighted by atomic mass is 16.5. The Morgan fingerprint density at radius 3 is 2.50 bits per heavy atom. The molecule has 18 heavy (non-hydrogen) atoms. The molecule has 1 aliphatic rings. The van der Waals surface area contributed by atoms with Crippen LogP contribution in [0.2, 0.25) is 0 Å². The molecular formula is C15H29NO2. The predicted molar refractivity (Wildman–Crippen MR) is 74.5 cm³/mol. The van der Waals surface area contributed by atoms with Crippen molar-refractivity contribution in [1.29, 1.82) is 0 Å². The number of rotatable bonds is 5. The first kappa shape index (κ1) is 15.5. The third-order valence-electron chi connectivity index (χ3n) is 4.34. The van der Waals surface area contributed by atoms with Crippen molar-refractivity contribution in [2.24, 2.45) is 11.3 Å². The molecule has 1 aliphatic carbocycles. The standard InChI is InChI=1S/C15H29NO2/c1-6-16-15(11-13(17)18-7-2)9-8-14(4,5)10-12(15)3/h12,16H,6-11H2,1-5H3. The highest BCUT2D eigenvalue weighted by Gasteiger charge is 2.44. The Morgan fingerprint density at radius 2 is 2.00 bits per heavy atom. The molecule has 106 valence electrons. The Hall–Kier alpha value is -0.570. The Labute approximate surface area is 112 Å². The minimum atomic E-state index is -0.0648. The molecule has 0 amide bonds. The fraction of sp³-hybridized carbons (Fsp3) is 0.933. The predicted octanol–water partition coefficient (Wildman–Crippen LogP) is 3.13. The molecule has 0 spiro atoms. The Bertz CT molecular complexity index is 288. The molecule has 0 heterocycles. The molecule has 0 aromatic rings. The average molecular weight is 255 g/mol. The van der Waals surface area contributed by atoms with Crippen LogP contribution in [-0.4, -0.2) is 24.7 Å². The summed E-state index contributed by atoms with van der Waals surface area (Å²) in [5.74, 6) is 0.440. The molecule has 1 saturated carbocycles. The van der Waals surface area contributed by atoms with Crippen LogP contribution in [0.3, 0.4) is 0 Å². The van der Waals surface area contributed by atoms with Crippen molar-refractivity contribution >= 4 is 5.97 Å². The molecule has 0 bridgehead atoms. The van der Waals surface area contributed by atoms with Gasteiger partial charge in [0.05, 0.1) is 13.0 Å². The lowest BCUT2D eigenvalue weighted by Gasteiger charge is -2.48. The smallest absolute Gasteiger partial charge is 0.307 e. The van der Waals surface area contributed by atoms with Gasteiger partial charge in [-0.2, -0.15) is 0 Å². The zero-order valence-corrected chi connectivity index (χ0v) is 12.6. The van der Waals surface area contributed by atoms with Crippen molar-refractivity contribution in [2.75, 3.05) is 13.2 Å². The molecule has 0 saturated heterocycles. The maximum atomic E-state index is 11.8. The lowest BCUT2D eigenvalue weighted by Crippen LogP contribution is -2.55. The van der Waals surface area contributed by atoms with Crippen molar-refractivity contribution in [3.63, 3.8) is 0 Å². The summed E-state index contributed by atoms with van der Waals surface area (Å²) in [4.78, 5) is 11.8. The van der Waals surface area contributed by atoms with E-state index in [0.717, 1.165) is 13.0 Å². The number of hydrogen-bond acceptors (Lipinski definition) is 3. The highest BCUT2D eigenvalue weighted by molar-refractivity contribution is 5.71. The van der Waals surface area contributed by atoms with E-state index in [4.69, 9.17) is 4.74 Å². The fourth-order valence-electron chi connectivity index (χ4n) is 3.34. The molecule has 3 heteroatoms. The minimum Gasteiger partial charge on any atom is -0.466 e. The van der Waals surface area contributed by atoms with E-state index in [-0.39, 0.29) is 11.5 Å². The van der Waals surface area contributed by atoms with Gasteiger partial charge in [0.1, 0.15) is 0 Å². The maximum Gasteiger partial charge on any atom is 0.307 e. The largest absolute Gasteiger partial charge is 0.466 e. The summed E-state index contributed by atoms with van der Waals surface area (Å²) in [7, 11) is 0. The Balaban J connectivity index is 2.77. The second-order valence-electron chi connectivity index (χ2n) is 6.44. The first-order valence-corrected chi connectivity index (χ1v) is 7.26. The molecule has 1 rings (SSSR count). The number of ether oxygens (including phenoxy) is 1. The monoisotopic (exact) mass is 255 g/mol. The van der Waals surface area contributed by atoms with Crippen LogP contribution in [0.4, 0.5) is 0 Å². The summed E-state index contributed by atoms with van der Waals surface area (Å²) in [5, 5.41) is 3.57. The number of carbonyl (C=O) groups is 1. The van der Waals surface area contributed by atoms with Gasteiger partial charge in [0.15, 0.2) is 0 Å². The Morgan fingerprint density at radius 1 is 1.33 bits per heavy atom. The van der Waals surface area contributed by atoms with Crippen LogP contribution < -0.4 is 5.32 Å². The van der Waals surface area contributed by atoms with Gasteiger partial charge in [-0.05, 0) is 44.1 Å². The lowest BCUT2D eigenvalue weighted by molar-refractivity contribution is -0.146. The first-order valence-electron chi connectivity index (χ1n) is 7.26. The number of hydrogen-bond donors (Lipinski definition) is 1. The molecule has 3 nitrogen and oxygen atoms in total. The molecule has 0 aliphatic heterocycles. The van der Waals surface area contributed by atoms with Gasteiger partial charge in [-0.25, -0.2) is 0 Å². The number of nitrogens with one attached hydrogen (secondary N) is 1. The summed E-state index contributed by atoms with van der Waals surface area (Å²) in [6.07, 6.45) is 3.91. The van der Waals surface area contributed by atoms with E-state index in [1.54, 1.807) is 0 Å². The first-order chi connectivity index (χ1) is 8.35. The zero-order chi connectivity index (χ0) is 13.8. The van der Waals surface area contributed by atoms with Crippen LogP contribution >= 0.6 is 0 Å². The number of carbonyl (C=O) groups excluding carboxylic acids is 1. The second-order valence-corrected chi connectivity index (χ2v) is 6.44. The van der Waals surface area contributed by atoms with Crippen LogP contribution in [0.1, 0.15) is 60.3 Å². The normalized spacial score (nSPS) is 31.1. The topological polar surface area (TPSA) is 38.3 Å². The molecule has 2 atom stereocenters. The van der Waals surface area contributed by atoms with Crippen molar-refractivity contribution < 1.29 is 9.53 Å². The van der Waals surface area contributed by atoms with Gasteiger partial charge >= 0.3 is 5.97 Å². The second kappa shape index (κ2) is 6.05. The molecular weight excluding hydrogens is 226 g/mol. The summed E-state index contributed by atoms with van der Waals surface area (Å²) >= 11 is 0. The van der Waals surface area contributed by atoms with Crippen LogP contribution in [0, 0.1) is 11.3 Å². The van der Waals surface area contributed by atoms with Crippen LogP contribution in [0.5, 0.6) is 0 Å². The van der Waals surface area contributed by atoms with Crippen LogP contribution in [-0.2, 0) is 9.53 Å². The van der Waals surface area contributed by atoms with Gasteiger partial charge in [-0.1, -0.05) is 27.7 Å². The molecule has 1 fully saturated rings. The van der Waals surface area contributed by atoms with E-state index in [0.29, 0.717) is 24.4 Å². The van der Waals surface area contributed by atoms with E-state index in [1.807, 2.05) is 6.92 Å². The van der Waals surface area contributed by atoms with Crippen LogP contribution in [0.15, 0.2) is 0 Å². The third kappa shape index (κ3) is 3.71. The number of esters is 1. The van der Waals surface area contributed by atoms with Crippen LogP contribution in [0.25, 0.3) is 0 Å². The summed E-state index contributed by atoms with van der Waals surface area (Å²) < 4.78 is 5.14. The zero-order valence-electron chi connectivity index (χ0n) is 12.6. The summed E-state index contributed by atoms with van der Waals surface area (Å²) in [6, 6.07) is 0. The van der Waals surface area contributed by atoms with Gasteiger partial charge in [-0.15, -0.1) is 0 Å². The van der Waals surface area contributed by atoms with Gasteiger partial charge < -0.3 is 10.1 Å². The van der Waals surface area contributed by atoms with E-state index in [9.17, 15) is 4.79 Å². The Kier molecular flexibility index (Phi) is 5.20. The molecule has 0 aromatic carbocycles. The molecule has 0 radical (unpaired) electrons. The van der Waals surface area contributed by atoms with Crippen molar-refractivity contribution in [2.45, 2.75) is 65.8 Å². The molecule has 0 aromatic heterocycles. The van der Waals surface area contributed by atoms with Crippen molar-refractivity contribution in [1.82, 2.24) is 5.32 Å². The van der Waals surface area contributed by atoms with E-state index in [2.05, 4.69) is 33.0 Å². The van der Waals surface area contributed by atoms with Gasteiger partial charge in [0, 0.05) is 5.54 Å². The quantitative estimate of drug-likeness (QED) is 0.767. The lowest BCUT2D eigenvalue weighted by atomic mass is 9.62. The molecule has 2 unspecified atom stereocenters. The van der Waals surface area contributed by atoms with E-state index >= 15 is 0 Å². The average Bonchev–Trinajstić information content (AvgIpc) is 2.24. The summed E-state index contributed by atoms with van der Waals surface area (Å²) in [6.45, 7) is 12.3. The maximum absolute atomic E-state index is 11.8. The summed E-state index contributed by atoms with van der Waals surface area (Å²) in [5.41, 5.74) is 0.337. The van der Waals surface area contributed by atoms with Crippen molar-refractivity contribution in [3.8, 4) is 0 Å². The van der Waals surface area contributed by atoms with Gasteiger partial charge in [0.25, 0.3) is 0 Å². The van der Waals surface area contributed by atoms with E-state index < -0.39 is 0 Å². The highest BCUT2D eigenvalue weighted by Crippen LogP contribution is 2.45. The fourth-order valence-corrected chi connectivity index (χ4v) is 3.34. The SMILES string of the molecule is CCNC1(CC(=O)OCC)CCC(C)(C)CC1C. The van der Waals surface area contributed by atoms with Crippen molar-refractivity contribution in [3.05, 3.63) is 0 Å².